The number of rotatable bonds is 4. The van der Waals surface area contributed by atoms with E-state index in [1.165, 1.54) is 12.1 Å². The van der Waals surface area contributed by atoms with Crippen molar-refractivity contribution in [3.63, 3.8) is 0 Å². The molecular weight excluding hydrogens is 346 g/mol. The minimum atomic E-state index is -2.35. The molecule has 1 unspecified atom stereocenters. The van der Waals surface area contributed by atoms with E-state index in [0.29, 0.717) is 17.2 Å². The van der Waals surface area contributed by atoms with Crippen LogP contribution >= 0.6 is 0 Å². The van der Waals surface area contributed by atoms with Gasteiger partial charge in [0.05, 0.1) is 5.56 Å². The van der Waals surface area contributed by atoms with Gasteiger partial charge in [0.1, 0.15) is 11.5 Å². The SMILES string of the molecule is O=C1OC(O)(C(=O)Nc2ccc(Oc3ccccc3)cc2)c2ccccc21. The van der Waals surface area contributed by atoms with Crippen molar-refractivity contribution in [2.24, 2.45) is 0 Å². The van der Waals surface area contributed by atoms with Crippen LogP contribution in [-0.4, -0.2) is 17.0 Å². The zero-order chi connectivity index (χ0) is 18.9. The second kappa shape index (κ2) is 6.59. The summed E-state index contributed by atoms with van der Waals surface area (Å²) in [5.41, 5.74) is 0.715. The molecule has 1 amide bonds. The Labute approximate surface area is 155 Å². The Morgan fingerprint density at radius 2 is 1.52 bits per heavy atom. The molecular formula is C21H15NO5. The molecule has 2 N–H and O–H groups in total. The summed E-state index contributed by atoms with van der Waals surface area (Å²) in [6, 6.07) is 22.1. The van der Waals surface area contributed by atoms with Crippen molar-refractivity contribution >= 4 is 17.6 Å². The molecule has 1 heterocycles. The maximum atomic E-state index is 12.6. The third-order valence-electron chi connectivity index (χ3n) is 4.15. The first-order valence-electron chi connectivity index (χ1n) is 8.26. The maximum Gasteiger partial charge on any atom is 0.341 e. The van der Waals surface area contributed by atoms with Crippen molar-refractivity contribution in [2.45, 2.75) is 5.79 Å². The molecule has 6 nitrogen and oxygen atoms in total. The number of amides is 1. The van der Waals surface area contributed by atoms with E-state index < -0.39 is 17.7 Å². The fraction of sp³-hybridized carbons (Fsp3) is 0.0476. The minimum absolute atomic E-state index is 0.122. The highest BCUT2D eigenvalue weighted by Gasteiger charge is 2.50. The number of benzene rings is 3. The number of fused-ring (bicyclic) bond motifs is 1. The van der Waals surface area contributed by atoms with Crippen molar-refractivity contribution in [1.82, 2.24) is 0 Å². The molecule has 4 rings (SSSR count). The Morgan fingerprint density at radius 1 is 0.889 bits per heavy atom. The van der Waals surface area contributed by atoms with Gasteiger partial charge >= 0.3 is 17.7 Å². The van der Waals surface area contributed by atoms with E-state index in [1.54, 1.807) is 36.4 Å². The summed E-state index contributed by atoms with van der Waals surface area (Å²) in [6.45, 7) is 0. The van der Waals surface area contributed by atoms with Crippen LogP contribution in [0, 0.1) is 0 Å². The van der Waals surface area contributed by atoms with Crippen LogP contribution in [0.5, 0.6) is 11.5 Å². The van der Waals surface area contributed by atoms with E-state index in [0.717, 1.165) is 0 Å². The summed E-state index contributed by atoms with van der Waals surface area (Å²) >= 11 is 0. The average molecular weight is 361 g/mol. The summed E-state index contributed by atoms with van der Waals surface area (Å²) in [7, 11) is 0. The lowest BCUT2D eigenvalue weighted by molar-refractivity contribution is -0.180. The smallest absolute Gasteiger partial charge is 0.341 e. The number of hydrogen-bond acceptors (Lipinski definition) is 5. The normalized spacial score (nSPS) is 17.7. The lowest BCUT2D eigenvalue weighted by Gasteiger charge is -2.21. The Balaban J connectivity index is 1.50. The van der Waals surface area contributed by atoms with Gasteiger partial charge in [0.25, 0.3) is 0 Å². The minimum Gasteiger partial charge on any atom is -0.457 e. The second-order valence-corrected chi connectivity index (χ2v) is 5.97. The number of carbonyl (C=O) groups is 2. The van der Waals surface area contributed by atoms with Crippen molar-refractivity contribution < 1.29 is 24.2 Å². The molecule has 6 heteroatoms. The summed E-state index contributed by atoms with van der Waals surface area (Å²) < 4.78 is 10.6. The van der Waals surface area contributed by atoms with Gasteiger partial charge in [-0.15, -0.1) is 0 Å². The number of esters is 1. The topological polar surface area (TPSA) is 84.9 Å². The first-order chi connectivity index (χ1) is 13.1. The van der Waals surface area contributed by atoms with Gasteiger partial charge in [-0.05, 0) is 42.5 Å². The van der Waals surface area contributed by atoms with E-state index in [2.05, 4.69) is 5.32 Å². The van der Waals surface area contributed by atoms with Gasteiger partial charge in [0, 0.05) is 11.3 Å². The Bertz CT molecular complexity index is 1000. The summed E-state index contributed by atoms with van der Waals surface area (Å²) in [5, 5.41) is 13.2. The van der Waals surface area contributed by atoms with Gasteiger partial charge < -0.3 is 19.9 Å². The maximum absolute atomic E-state index is 12.6. The zero-order valence-corrected chi connectivity index (χ0v) is 14.1. The molecule has 134 valence electrons. The standard InChI is InChI=1S/C21H15NO5/c23-19-17-8-4-5-9-18(17)21(25,27-19)20(24)22-14-10-12-16(13-11-14)26-15-6-2-1-3-7-15/h1-13,25H,(H,22,24). The predicted molar refractivity (Wildman–Crippen MR) is 97.3 cm³/mol. The first-order valence-corrected chi connectivity index (χ1v) is 8.26. The van der Waals surface area contributed by atoms with Crippen molar-refractivity contribution in [1.29, 1.82) is 0 Å². The molecule has 0 bridgehead atoms. The molecule has 0 aliphatic carbocycles. The number of anilines is 1. The monoisotopic (exact) mass is 361 g/mol. The molecule has 1 aliphatic heterocycles. The molecule has 0 saturated heterocycles. The highest BCUT2D eigenvalue weighted by atomic mass is 16.7. The summed E-state index contributed by atoms with van der Waals surface area (Å²) in [6.07, 6.45) is 0. The largest absolute Gasteiger partial charge is 0.457 e. The Hall–Kier alpha value is -3.64. The molecule has 0 fully saturated rings. The molecule has 0 saturated carbocycles. The quantitative estimate of drug-likeness (QED) is 0.696. The van der Waals surface area contributed by atoms with E-state index >= 15 is 0 Å². The second-order valence-electron chi connectivity index (χ2n) is 5.97. The third-order valence-corrected chi connectivity index (χ3v) is 4.15. The number of para-hydroxylation sites is 1. The highest BCUT2D eigenvalue weighted by Crippen LogP contribution is 2.35. The van der Waals surface area contributed by atoms with Gasteiger partial charge in [-0.3, -0.25) is 4.79 Å². The van der Waals surface area contributed by atoms with Gasteiger partial charge in [0.2, 0.25) is 0 Å². The Kier molecular flexibility index (Phi) is 4.10. The lowest BCUT2D eigenvalue weighted by atomic mass is 10.0. The van der Waals surface area contributed by atoms with E-state index in [9.17, 15) is 14.7 Å². The predicted octanol–water partition coefficient (Wildman–Crippen LogP) is 3.43. The molecule has 27 heavy (non-hydrogen) atoms. The van der Waals surface area contributed by atoms with Crippen LogP contribution in [0.3, 0.4) is 0 Å². The van der Waals surface area contributed by atoms with Crippen molar-refractivity contribution in [2.75, 3.05) is 5.32 Å². The Morgan fingerprint density at radius 3 is 2.26 bits per heavy atom. The van der Waals surface area contributed by atoms with Gasteiger partial charge in [-0.2, -0.15) is 0 Å². The van der Waals surface area contributed by atoms with Gasteiger partial charge in [0.15, 0.2) is 0 Å². The number of aliphatic hydroxyl groups is 1. The first kappa shape index (κ1) is 16.8. The number of ether oxygens (including phenoxy) is 2. The van der Waals surface area contributed by atoms with E-state index in [4.69, 9.17) is 9.47 Å². The molecule has 3 aromatic rings. The van der Waals surface area contributed by atoms with Crippen LogP contribution in [-0.2, 0) is 15.3 Å². The number of cyclic esters (lactones) is 1. The molecule has 0 spiro atoms. The van der Waals surface area contributed by atoms with Crippen molar-refractivity contribution in [3.8, 4) is 11.5 Å². The van der Waals surface area contributed by atoms with Crippen LogP contribution in [0.2, 0.25) is 0 Å². The van der Waals surface area contributed by atoms with E-state index in [1.807, 2.05) is 30.3 Å². The molecule has 1 aliphatic rings. The highest BCUT2D eigenvalue weighted by molar-refractivity contribution is 6.05. The van der Waals surface area contributed by atoms with Crippen LogP contribution in [0.1, 0.15) is 15.9 Å². The summed E-state index contributed by atoms with van der Waals surface area (Å²) in [4.78, 5) is 24.4. The number of nitrogens with one attached hydrogen (secondary N) is 1. The fourth-order valence-electron chi connectivity index (χ4n) is 2.82. The third kappa shape index (κ3) is 3.14. The fourth-order valence-corrected chi connectivity index (χ4v) is 2.82. The average Bonchev–Trinajstić information content (AvgIpc) is 2.96. The van der Waals surface area contributed by atoms with Crippen LogP contribution in [0.4, 0.5) is 5.69 Å². The lowest BCUT2D eigenvalue weighted by Crippen LogP contribution is -2.40. The number of carbonyl (C=O) groups excluding carboxylic acids is 2. The van der Waals surface area contributed by atoms with Crippen molar-refractivity contribution in [3.05, 3.63) is 90.0 Å². The zero-order valence-electron chi connectivity index (χ0n) is 14.1. The van der Waals surface area contributed by atoms with Crippen LogP contribution in [0.25, 0.3) is 0 Å². The van der Waals surface area contributed by atoms with Crippen LogP contribution in [0.15, 0.2) is 78.9 Å². The molecule has 1 atom stereocenters. The van der Waals surface area contributed by atoms with Gasteiger partial charge in [-0.25, -0.2) is 4.79 Å². The molecule has 0 aromatic heterocycles. The van der Waals surface area contributed by atoms with E-state index in [-0.39, 0.29) is 11.1 Å². The number of hydrogen-bond donors (Lipinski definition) is 2. The van der Waals surface area contributed by atoms with Gasteiger partial charge in [-0.1, -0.05) is 36.4 Å². The summed E-state index contributed by atoms with van der Waals surface area (Å²) in [5.74, 6) is -2.66. The molecule has 3 aromatic carbocycles. The molecule has 0 radical (unpaired) electrons. The van der Waals surface area contributed by atoms with Crippen LogP contribution < -0.4 is 10.1 Å².